The van der Waals surface area contributed by atoms with Crippen LogP contribution in [0.3, 0.4) is 0 Å². The summed E-state index contributed by atoms with van der Waals surface area (Å²) in [5.74, 6) is 0.813. The Kier molecular flexibility index (Phi) is 3.46. The number of rotatable bonds is 5. The molecule has 1 aromatic carbocycles. The highest BCUT2D eigenvalue weighted by Crippen LogP contribution is 2.33. The first-order valence-electron chi connectivity index (χ1n) is 5.76. The van der Waals surface area contributed by atoms with Crippen LogP contribution in [-0.4, -0.2) is 33.8 Å². The van der Waals surface area contributed by atoms with Gasteiger partial charge in [0.05, 0.1) is 6.42 Å². The zero-order valence-corrected chi connectivity index (χ0v) is 11.1. The lowest BCUT2D eigenvalue weighted by atomic mass is 10.1. The summed E-state index contributed by atoms with van der Waals surface area (Å²) in [6.45, 7) is 0.231. The largest absolute Gasteiger partial charge is 0.481 e. The molecule has 2 heterocycles. The van der Waals surface area contributed by atoms with Gasteiger partial charge in [-0.2, -0.15) is 0 Å². The van der Waals surface area contributed by atoms with Crippen LogP contribution in [0.25, 0.3) is 0 Å². The molecule has 1 aliphatic rings. The number of aromatic nitrogens is 2. The minimum atomic E-state index is -0.925. The lowest BCUT2D eigenvalue weighted by molar-refractivity contribution is -0.133. The van der Waals surface area contributed by atoms with Crippen molar-refractivity contribution in [1.29, 1.82) is 0 Å². The van der Waals surface area contributed by atoms with Crippen LogP contribution in [0, 0.1) is 0 Å². The van der Waals surface area contributed by atoms with Gasteiger partial charge in [-0.05, 0) is 17.7 Å². The second-order valence-electron chi connectivity index (χ2n) is 4.01. The maximum atomic E-state index is 10.4. The Labute approximate surface area is 117 Å². The van der Waals surface area contributed by atoms with Gasteiger partial charge in [0.2, 0.25) is 12.7 Å². The van der Waals surface area contributed by atoms with Crippen molar-refractivity contribution in [3.05, 3.63) is 29.7 Å². The number of fused-ring (bicyclic) bond motifs is 1. The molecule has 8 heteroatoms. The third kappa shape index (κ3) is 2.85. The van der Waals surface area contributed by atoms with Gasteiger partial charge in [0.1, 0.15) is 5.75 Å². The molecule has 0 spiro atoms. The van der Waals surface area contributed by atoms with Crippen molar-refractivity contribution in [2.75, 3.05) is 12.5 Å². The standard InChI is InChI=1S/C12H10N2O5S/c15-11(16)5-20-12-14-13-10(19-12)4-7-1-2-8-9(3-7)18-6-17-8/h1-3H,4-6H2,(H,15,16). The maximum absolute atomic E-state index is 10.4. The van der Waals surface area contributed by atoms with Gasteiger partial charge < -0.3 is 19.0 Å². The molecule has 0 radical (unpaired) electrons. The predicted molar refractivity (Wildman–Crippen MR) is 68.0 cm³/mol. The van der Waals surface area contributed by atoms with Gasteiger partial charge in [0.25, 0.3) is 5.22 Å². The summed E-state index contributed by atoms with van der Waals surface area (Å²) >= 11 is 0.996. The van der Waals surface area contributed by atoms with E-state index in [4.69, 9.17) is 19.0 Å². The van der Waals surface area contributed by atoms with Gasteiger partial charge in [0.15, 0.2) is 11.5 Å². The van der Waals surface area contributed by atoms with Crippen molar-refractivity contribution >= 4 is 17.7 Å². The van der Waals surface area contributed by atoms with E-state index in [1.54, 1.807) is 0 Å². The molecule has 1 aromatic heterocycles. The maximum Gasteiger partial charge on any atom is 0.314 e. The van der Waals surface area contributed by atoms with Crippen LogP contribution < -0.4 is 9.47 Å². The Morgan fingerprint density at radius 2 is 2.15 bits per heavy atom. The highest BCUT2D eigenvalue weighted by Gasteiger charge is 2.15. The van der Waals surface area contributed by atoms with Crippen LogP contribution in [0.1, 0.15) is 11.5 Å². The van der Waals surface area contributed by atoms with E-state index < -0.39 is 5.97 Å². The van der Waals surface area contributed by atoms with Gasteiger partial charge in [-0.25, -0.2) is 0 Å². The second-order valence-corrected chi connectivity index (χ2v) is 4.94. The minimum Gasteiger partial charge on any atom is -0.481 e. The first-order chi connectivity index (χ1) is 9.70. The molecule has 1 aliphatic heterocycles. The molecule has 7 nitrogen and oxygen atoms in total. The molecule has 0 fully saturated rings. The van der Waals surface area contributed by atoms with E-state index in [2.05, 4.69) is 10.2 Å². The minimum absolute atomic E-state index is 0.105. The van der Waals surface area contributed by atoms with E-state index in [9.17, 15) is 4.79 Å². The molecular weight excluding hydrogens is 284 g/mol. The molecule has 0 bridgehead atoms. The van der Waals surface area contributed by atoms with Gasteiger partial charge >= 0.3 is 5.97 Å². The number of carbonyl (C=O) groups is 1. The lowest BCUT2D eigenvalue weighted by Gasteiger charge is -1.99. The van der Waals surface area contributed by atoms with Gasteiger partial charge in [-0.3, -0.25) is 4.79 Å². The summed E-state index contributed by atoms with van der Waals surface area (Å²) in [5.41, 5.74) is 0.952. The van der Waals surface area contributed by atoms with Crippen LogP contribution in [0.5, 0.6) is 11.5 Å². The molecule has 3 rings (SSSR count). The first kappa shape index (κ1) is 12.8. The average Bonchev–Trinajstić information content (AvgIpc) is 3.04. The van der Waals surface area contributed by atoms with Crippen LogP contribution in [0.2, 0.25) is 0 Å². The average molecular weight is 294 g/mol. The SMILES string of the molecule is O=C(O)CSc1nnc(Cc2ccc3c(c2)OCO3)o1. The van der Waals surface area contributed by atoms with Crippen molar-refractivity contribution in [3.63, 3.8) is 0 Å². The highest BCUT2D eigenvalue weighted by molar-refractivity contribution is 7.99. The molecule has 104 valence electrons. The number of nitrogens with zero attached hydrogens (tertiary/aromatic N) is 2. The van der Waals surface area contributed by atoms with E-state index in [1.165, 1.54) is 0 Å². The van der Waals surface area contributed by atoms with E-state index >= 15 is 0 Å². The van der Waals surface area contributed by atoms with Gasteiger partial charge in [0, 0.05) is 0 Å². The Morgan fingerprint density at radius 3 is 3.00 bits per heavy atom. The molecule has 0 saturated heterocycles. The fourth-order valence-corrected chi connectivity index (χ4v) is 2.22. The molecule has 2 aromatic rings. The zero-order chi connectivity index (χ0) is 13.9. The van der Waals surface area contributed by atoms with Crippen LogP contribution >= 0.6 is 11.8 Å². The molecule has 0 aliphatic carbocycles. The van der Waals surface area contributed by atoms with Crippen molar-refractivity contribution in [2.45, 2.75) is 11.6 Å². The Bertz CT molecular complexity index is 643. The van der Waals surface area contributed by atoms with Crippen LogP contribution in [-0.2, 0) is 11.2 Å². The third-order valence-corrected chi connectivity index (χ3v) is 3.36. The normalized spacial score (nSPS) is 12.6. The molecule has 20 heavy (non-hydrogen) atoms. The quantitative estimate of drug-likeness (QED) is 0.830. The summed E-state index contributed by atoms with van der Waals surface area (Å²) in [6, 6.07) is 5.58. The molecule has 0 unspecified atom stereocenters. The zero-order valence-electron chi connectivity index (χ0n) is 10.2. The van der Waals surface area contributed by atoms with Gasteiger partial charge in [-0.1, -0.05) is 17.8 Å². The number of carboxylic acid groups (broad SMARTS) is 1. The highest BCUT2D eigenvalue weighted by atomic mass is 32.2. The van der Waals surface area contributed by atoms with Crippen LogP contribution in [0.4, 0.5) is 0 Å². The van der Waals surface area contributed by atoms with Crippen molar-refractivity contribution < 1.29 is 23.8 Å². The number of carboxylic acids is 1. The number of hydrogen-bond donors (Lipinski definition) is 1. The third-order valence-electron chi connectivity index (χ3n) is 2.56. The summed E-state index contributed by atoms with van der Waals surface area (Å²) < 4.78 is 15.9. The van der Waals surface area contributed by atoms with Gasteiger partial charge in [-0.15, -0.1) is 10.2 Å². The molecule has 0 saturated carbocycles. The fourth-order valence-electron chi connectivity index (χ4n) is 1.72. The Hall–Kier alpha value is -2.22. The van der Waals surface area contributed by atoms with E-state index in [-0.39, 0.29) is 17.8 Å². The van der Waals surface area contributed by atoms with Crippen molar-refractivity contribution in [2.24, 2.45) is 0 Å². The fraction of sp³-hybridized carbons (Fsp3) is 0.250. The van der Waals surface area contributed by atoms with E-state index in [1.807, 2.05) is 18.2 Å². The molecule has 0 amide bonds. The monoisotopic (exact) mass is 294 g/mol. The number of thioether (sulfide) groups is 1. The topological polar surface area (TPSA) is 94.7 Å². The second kappa shape index (κ2) is 5.41. The summed E-state index contributed by atoms with van der Waals surface area (Å²) in [6.07, 6.45) is 0.456. The summed E-state index contributed by atoms with van der Waals surface area (Å²) in [5, 5.41) is 16.5. The van der Waals surface area contributed by atoms with Crippen LogP contribution in [0.15, 0.2) is 27.8 Å². The number of ether oxygens (including phenoxy) is 2. The van der Waals surface area contributed by atoms with Crippen molar-refractivity contribution in [3.8, 4) is 11.5 Å². The predicted octanol–water partition coefficient (Wildman–Crippen LogP) is 1.57. The molecular formula is C12H10N2O5S. The smallest absolute Gasteiger partial charge is 0.314 e. The van der Waals surface area contributed by atoms with E-state index in [0.717, 1.165) is 23.1 Å². The molecule has 0 atom stereocenters. The molecule has 1 N–H and O–H groups in total. The van der Waals surface area contributed by atoms with Crippen molar-refractivity contribution in [1.82, 2.24) is 10.2 Å². The summed E-state index contributed by atoms with van der Waals surface area (Å²) in [4.78, 5) is 10.4. The Morgan fingerprint density at radius 1 is 1.30 bits per heavy atom. The number of hydrogen-bond acceptors (Lipinski definition) is 7. The number of benzene rings is 1. The van der Waals surface area contributed by atoms with E-state index in [0.29, 0.717) is 18.1 Å². The number of aliphatic carboxylic acids is 1. The summed E-state index contributed by atoms with van der Waals surface area (Å²) in [7, 11) is 0. The lowest BCUT2D eigenvalue weighted by Crippen LogP contribution is -1.97. The first-order valence-corrected chi connectivity index (χ1v) is 6.75. The Balaban J connectivity index is 1.67.